The van der Waals surface area contributed by atoms with Crippen LogP contribution < -0.4 is 0 Å². The lowest BCUT2D eigenvalue weighted by atomic mass is 9.90. The van der Waals surface area contributed by atoms with Gasteiger partial charge >= 0.3 is 0 Å². The highest BCUT2D eigenvalue weighted by molar-refractivity contribution is 4.99. The van der Waals surface area contributed by atoms with Crippen molar-refractivity contribution in [2.24, 2.45) is 11.8 Å². The molecule has 13 heavy (non-hydrogen) atoms. The van der Waals surface area contributed by atoms with Gasteiger partial charge in [-0.05, 0) is 43.6 Å². The number of hydrogen-bond donors (Lipinski definition) is 0. The molecule has 1 atom stereocenters. The molecule has 1 heteroatoms. The maximum atomic E-state index is 12.9. The van der Waals surface area contributed by atoms with Crippen LogP contribution in [0.4, 0.5) is 4.39 Å². The summed E-state index contributed by atoms with van der Waals surface area (Å²) >= 11 is 0. The Balaban J connectivity index is 2.17. The zero-order chi connectivity index (χ0) is 9.68. The molecule has 1 rings (SSSR count). The van der Waals surface area contributed by atoms with Gasteiger partial charge in [0, 0.05) is 0 Å². The summed E-state index contributed by atoms with van der Waals surface area (Å²) in [4.78, 5) is 0. The molecule has 0 aromatic heterocycles. The molecular weight excluding hydrogens is 163 g/mol. The van der Waals surface area contributed by atoms with Gasteiger partial charge in [0.1, 0.15) is 0 Å². The van der Waals surface area contributed by atoms with Crippen molar-refractivity contribution >= 4 is 0 Å². The molecule has 0 saturated carbocycles. The van der Waals surface area contributed by atoms with E-state index >= 15 is 0 Å². The maximum absolute atomic E-state index is 12.9. The van der Waals surface area contributed by atoms with Gasteiger partial charge in [-0.1, -0.05) is 26.7 Å². The smallest absolute Gasteiger partial charge is 0.0962 e. The summed E-state index contributed by atoms with van der Waals surface area (Å²) in [6.07, 6.45) is 8.51. The average Bonchev–Trinajstić information content (AvgIpc) is 2.03. The monoisotopic (exact) mass is 184 g/mol. The molecule has 1 aliphatic rings. The molecule has 0 N–H and O–H groups in total. The second-order valence-electron chi connectivity index (χ2n) is 4.59. The summed E-state index contributed by atoms with van der Waals surface area (Å²) in [7, 11) is 0. The molecule has 0 heterocycles. The Morgan fingerprint density at radius 2 is 2.31 bits per heavy atom. The number of allylic oxidation sites excluding steroid dienone is 2. The van der Waals surface area contributed by atoms with E-state index in [0.29, 0.717) is 12.3 Å². The second-order valence-corrected chi connectivity index (χ2v) is 4.59. The molecular formula is C12H21F. The van der Waals surface area contributed by atoms with E-state index in [9.17, 15) is 4.39 Å². The Kier molecular flexibility index (Phi) is 4.47. The fourth-order valence-corrected chi connectivity index (χ4v) is 1.97. The Morgan fingerprint density at radius 3 is 2.92 bits per heavy atom. The molecule has 0 nitrogen and oxygen atoms in total. The van der Waals surface area contributed by atoms with Crippen molar-refractivity contribution in [2.75, 3.05) is 0 Å². The molecule has 0 bridgehead atoms. The zero-order valence-corrected chi connectivity index (χ0v) is 8.85. The summed E-state index contributed by atoms with van der Waals surface area (Å²) in [6.45, 7) is 4.49. The zero-order valence-electron chi connectivity index (χ0n) is 8.85. The van der Waals surface area contributed by atoms with Gasteiger partial charge in [0.15, 0.2) is 0 Å². The van der Waals surface area contributed by atoms with E-state index in [2.05, 4.69) is 13.8 Å². The van der Waals surface area contributed by atoms with Crippen LogP contribution in [0.25, 0.3) is 0 Å². The van der Waals surface area contributed by atoms with Crippen molar-refractivity contribution in [1.29, 1.82) is 0 Å². The van der Waals surface area contributed by atoms with Gasteiger partial charge in [0.25, 0.3) is 0 Å². The largest absolute Gasteiger partial charge is 0.212 e. The van der Waals surface area contributed by atoms with E-state index in [1.54, 1.807) is 0 Å². The van der Waals surface area contributed by atoms with Crippen molar-refractivity contribution in [3.63, 3.8) is 0 Å². The minimum absolute atomic E-state index is 0.126. The van der Waals surface area contributed by atoms with Crippen LogP contribution in [0.1, 0.15) is 52.4 Å². The van der Waals surface area contributed by atoms with Crippen LogP contribution in [-0.4, -0.2) is 0 Å². The Morgan fingerprint density at radius 1 is 1.54 bits per heavy atom. The Bertz CT molecular complexity index is 170. The van der Waals surface area contributed by atoms with Crippen LogP contribution in [0.15, 0.2) is 11.9 Å². The predicted octanol–water partition coefficient (Wildman–Crippen LogP) is 4.47. The van der Waals surface area contributed by atoms with Crippen molar-refractivity contribution in [2.45, 2.75) is 52.4 Å². The average molecular weight is 184 g/mol. The first-order chi connectivity index (χ1) is 6.18. The van der Waals surface area contributed by atoms with Crippen molar-refractivity contribution < 1.29 is 4.39 Å². The van der Waals surface area contributed by atoms with Crippen molar-refractivity contribution in [3.8, 4) is 0 Å². The molecule has 0 aliphatic heterocycles. The topological polar surface area (TPSA) is 0 Å². The summed E-state index contributed by atoms with van der Waals surface area (Å²) in [5, 5.41) is 0. The first kappa shape index (κ1) is 10.7. The van der Waals surface area contributed by atoms with Gasteiger partial charge in [-0.25, -0.2) is 4.39 Å². The molecule has 0 fully saturated rings. The Labute approximate surface area is 81.2 Å². The summed E-state index contributed by atoms with van der Waals surface area (Å²) < 4.78 is 12.9. The van der Waals surface area contributed by atoms with Crippen LogP contribution in [0.5, 0.6) is 0 Å². The molecule has 0 spiro atoms. The van der Waals surface area contributed by atoms with Crippen molar-refractivity contribution in [3.05, 3.63) is 11.9 Å². The molecule has 0 aromatic carbocycles. The standard InChI is InChI=1S/C12H21F/c1-10(2)5-3-6-11-7-4-8-12(13)9-11/h9-11H,3-8H2,1-2H3. The predicted molar refractivity (Wildman–Crippen MR) is 55.2 cm³/mol. The van der Waals surface area contributed by atoms with Gasteiger partial charge in [0.05, 0.1) is 5.83 Å². The van der Waals surface area contributed by atoms with E-state index in [0.717, 1.165) is 12.3 Å². The minimum Gasteiger partial charge on any atom is -0.212 e. The van der Waals surface area contributed by atoms with E-state index in [1.807, 2.05) is 6.08 Å². The minimum atomic E-state index is 0.126. The molecule has 0 radical (unpaired) electrons. The molecule has 1 unspecified atom stereocenters. The lowest BCUT2D eigenvalue weighted by Crippen LogP contribution is -2.03. The third-order valence-corrected chi connectivity index (χ3v) is 2.76. The summed E-state index contributed by atoms with van der Waals surface area (Å²) in [5.74, 6) is 1.45. The molecule has 0 aromatic rings. The molecule has 0 saturated heterocycles. The molecule has 76 valence electrons. The lowest BCUT2D eigenvalue weighted by Gasteiger charge is -2.17. The second kappa shape index (κ2) is 5.41. The highest BCUT2D eigenvalue weighted by Gasteiger charge is 2.12. The van der Waals surface area contributed by atoms with E-state index in [-0.39, 0.29) is 5.83 Å². The Hall–Kier alpha value is -0.330. The SMILES string of the molecule is CC(C)CCCC1C=C(F)CCC1. The summed E-state index contributed by atoms with van der Waals surface area (Å²) in [6, 6.07) is 0. The fraction of sp³-hybridized carbons (Fsp3) is 0.833. The van der Waals surface area contributed by atoms with Crippen LogP contribution in [0, 0.1) is 11.8 Å². The highest BCUT2D eigenvalue weighted by Crippen LogP contribution is 2.27. The first-order valence-corrected chi connectivity index (χ1v) is 5.54. The highest BCUT2D eigenvalue weighted by atomic mass is 19.1. The van der Waals surface area contributed by atoms with Gasteiger partial charge in [-0.15, -0.1) is 0 Å². The fourth-order valence-electron chi connectivity index (χ4n) is 1.97. The normalized spacial score (nSPS) is 23.4. The first-order valence-electron chi connectivity index (χ1n) is 5.54. The third kappa shape index (κ3) is 4.44. The van der Waals surface area contributed by atoms with Gasteiger partial charge < -0.3 is 0 Å². The molecule has 1 aliphatic carbocycles. The van der Waals surface area contributed by atoms with E-state index in [4.69, 9.17) is 0 Å². The maximum Gasteiger partial charge on any atom is 0.0962 e. The van der Waals surface area contributed by atoms with Crippen LogP contribution >= 0.6 is 0 Å². The number of halogens is 1. The lowest BCUT2D eigenvalue weighted by molar-refractivity contribution is 0.415. The number of hydrogen-bond acceptors (Lipinski definition) is 0. The van der Waals surface area contributed by atoms with Crippen LogP contribution in [-0.2, 0) is 0 Å². The van der Waals surface area contributed by atoms with Gasteiger partial charge in [-0.3, -0.25) is 0 Å². The van der Waals surface area contributed by atoms with E-state index in [1.165, 1.54) is 25.7 Å². The van der Waals surface area contributed by atoms with Crippen molar-refractivity contribution in [1.82, 2.24) is 0 Å². The molecule has 0 amide bonds. The van der Waals surface area contributed by atoms with E-state index < -0.39 is 0 Å². The quantitative estimate of drug-likeness (QED) is 0.605. The van der Waals surface area contributed by atoms with Crippen LogP contribution in [0.3, 0.4) is 0 Å². The van der Waals surface area contributed by atoms with Crippen LogP contribution in [0.2, 0.25) is 0 Å². The van der Waals surface area contributed by atoms with Gasteiger partial charge in [-0.2, -0.15) is 0 Å². The number of rotatable bonds is 4. The van der Waals surface area contributed by atoms with Gasteiger partial charge in [0.2, 0.25) is 0 Å². The third-order valence-electron chi connectivity index (χ3n) is 2.76. The summed E-state index contributed by atoms with van der Waals surface area (Å²) in [5.41, 5.74) is 0.